The lowest BCUT2D eigenvalue weighted by Crippen LogP contribution is -1.90. The first-order valence-corrected chi connectivity index (χ1v) is 5.85. The zero-order valence-electron chi connectivity index (χ0n) is 6.67. The molecule has 2 heterocycles. The molecule has 0 aromatic carbocycles. The Morgan fingerprint density at radius 2 is 2.29 bits per heavy atom. The summed E-state index contributed by atoms with van der Waals surface area (Å²) in [6, 6.07) is 1.78. The van der Waals surface area contributed by atoms with Gasteiger partial charge in [-0.1, -0.05) is 11.6 Å². The molecule has 0 unspecified atom stereocenters. The molecule has 0 N–H and O–H groups in total. The molecular weight excluding hydrogens is 382 g/mol. The van der Waals surface area contributed by atoms with Crippen LogP contribution in [0.4, 0.5) is 0 Å². The van der Waals surface area contributed by atoms with E-state index in [1.807, 2.05) is 0 Å². The van der Waals surface area contributed by atoms with Crippen LogP contribution in [0.25, 0.3) is 11.6 Å². The van der Waals surface area contributed by atoms with Gasteiger partial charge in [0.2, 0.25) is 0 Å². The average molecular weight is 385 g/mol. The normalized spacial score (nSPS) is 10.5. The van der Waals surface area contributed by atoms with Crippen molar-refractivity contribution in [3.05, 3.63) is 31.7 Å². The van der Waals surface area contributed by atoms with Crippen LogP contribution in [-0.2, 0) is 0 Å². The van der Waals surface area contributed by atoms with Gasteiger partial charge in [-0.05, 0) is 44.6 Å². The molecule has 0 amide bonds. The molecule has 0 aliphatic rings. The largest absolute Gasteiger partial charge is 0.460 e. The number of furan rings is 1. The van der Waals surface area contributed by atoms with Gasteiger partial charge in [0.1, 0.15) is 5.15 Å². The third-order valence-electron chi connectivity index (χ3n) is 1.52. The first kappa shape index (κ1) is 10.4. The fraction of sp³-hybridized carbons (Fsp3) is 0. The molecule has 0 saturated heterocycles. The van der Waals surface area contributed by atoms with Crippen LogP contribution < -0.4 is 0 Å². The third kappa shape index (κ3) is 1.94. The van der Waals surface area contributed by atoms with Crippen LogP contribution in [0.2, 0.25) is 5.15 Å². The number of rotatable bonds is 1. The van der Waals surface area contributed by atoms with Crippen LogP contribution in [0.1, 0.15) is 0 Å². The van der Waals surface area contributed by atoms with Crippen molar-refractivity contribution in [2.24, 2.45) is 0 Å². The van der Waals surface area contributed by atoms with E-state index in [9.17, 15) is 0 Å². The summed E-state index contributed by atoms with van der Waals surface area (Å²) in [6.07, 6.45) is 3.22. The minimum Gasteiger partial charge on any atom is -0.460 e. The van der Waals surface area contributed by atoms with Crippen LogP contribution in [0.5, 0.6) is 0 Å². The van der Waals surface area contributed by atoms with Crippen molar-refractivity contribution in [1.82, 2.24) is 9.97 Å². The Hall–Kier alpha value is -0.140. The summed E-state index contributed by atoms with van der Waals surface area (Å²) in [4.78, 5) is 8.21. The van der Waals surface area contributed by atoms with E-state index in [2.05, 4.69) is 48.5 Å². The van der Waals surface area contributed by atoms with Crippen molar-refractivity contribution in [2.45, 2.75) is 0 Å². The SMILES string of the molecule is Clc1nc(-c2occc2Br)ncc1I. The van der Waals surface area contributed by atoms with E-state index in [0.717, 1.165) is 8.04 Å². The molecule has 0 aliphatic carbocycles. The number of hydrogen-bond donors (Lipinski definition) is 0. The molecule has 2 rings (SSSR count). The first-order valence-electron chi connectivity index (χ1n) is 3.60. The molecule has 0 fully saturated rings. The Balaban J connectivity index is 2.53. The minimum atomic E-state index is 0.430. The van der Waals surface area contributed by atoms with E-state index < -0.39 is 0 Å². The van der Waals surface area contributed by atoms with Gasteiger partial charge in [-0.3, -0.25) is 0 Å². The standard InChI is InChI=1S/C8H3BrClIN2O/c9-4-1-2-14-6(4)8-12-3-5(11)7(10)13-8/h1-3H. The summed E-state index contributed by atoms with van der Waals surface area (Å²) in [5.41, 5.74) is 0. The maximum atomic E-state index is 5.87. The second kappa shape index (κ2) is 4.16. The zero-order valence-corrected chi connectivity index (χ0v) is 11.2. The first-order chi connectivity index (χ1) is 6.68. The molecule has 72 valence electrons. The molecular formula is C8H3BrClIN2O. The average Bonchev–Trinajstić information content (AvgIpc) is 2.57. The van der Waals surface area contributed by atoms with Gasteiger partial charge in [0.15, 0.2) is 11.6 Å². The summed E-state index contributed by atoms with van der Waals surface area (Å²) in [5, 5.41) is 0.430. The Labute approximate surface area is 107 Å². The van der Waals surface area contributed by atoms with Gasteiger partial charge in [-0.2, -0.15) is 0 Å². The Morgan fingerprint density at radius 3 is 2.86 bits per heavy atom. The Bertz CT molecular complexity index is 474. The number of aromatic nitrogens is 2. The number of halogens is 3. The van der Waals surface area contributed by atoms with Crippen LogP contribution >= 0.6 is 50.1 Å². The van der Waals surface area contributed by atoms with Gasteiger partial charge in [-0.25, -0.2) is 9.97 Å². The fourth-order valence-electron chi connectivity index (χ4n) is 0.909. The molecule has 3 nitrogen and oxygen atoms in total. The van der Waals surface area contributed by atoms with Crippen molar-refractivity contribution in [1.29, 1.82) is 0 Å². The zero-order chi connectivity index (χ0) is 10.1. The van der Waals surface area contributed by atoms with Crippen molar-refractivity contribution in [2.75, 3.05) is 0 Å². The summed E-state index contributed by atoms with van der Waals surface area (Å²) in [7, 11) is 0. The molecule has 14 heavy (non-hydrogen) atoms. The smallest absolute Gasteiger partial charge is 0.198 e. The number of hydrogen-bond acceptors (Lipinski definition) is 3. The summed E-state index contributed by atoms with van der Waals surface area (Å²) < 4.78 is 6.84. The number of nitrogens with zero attached hydrogens (tertiary/aromatic N) is 2. The molecule has 0 radical (unpaired) electrons. The predicted octanol–water partition coefficient (Wildman–Crippen LogP) is 3.76. The molecule has 0 aliphatic heterocycles. The molecule has 2 aromatic rings. The lowest BCUT2D eigenvalue weighted by Gasteiger charge is -1.98. The van der Waals surface area contributed by atoms with Gasteiger partial charge < -0.3 is 4.42 Å². The lowest BCUT2D eigenvalue weighted by molar-refractivity contribution is 0.576. The van der Waals surface area contributed by atoms with Gasteiger partial charge in [-0.15, -0.1) is 0 Å². The van der Waals surface area contributed by atoms with Gasteiger partial charge >= 0.3 is 0 Å². The second-order valence-corrected chi connectivity index (χ2v) is 4.80. The van der Waals surface area contributed by atoms with Crippen molar-refractivity contribution in [3.63, 3.8) is 0 Å². The van der Waals surface area contributed by atoms with E-state index >= 15 is 0 Å². The molecule has 6 heteroatoms. The highest BCUT2D eigenvalue weighted by Gasteiger charge is 2.11. The summed E-state index contributed by atoms with van der Waals surface area (Å²) >= 11 is 11.3. The summed E-state index contributed by atoms with van der Waals surface area (Å²) in [5.74, 6) is 1.07. The lowest BCUT2D eigenvalue weighted by atomic mass is 10.4. The van der Waals surface area contributed by atoms with Crippen molar-refractivity contribution < 1.29 is 4.42 Å². The van der Waals surface area contributed by atoms with E-state index in [1.54, 1.807) is 18.5 Å². The highest BCUT2D eigenvalue weighted by atomic mass is 127. The van der Waals surface area contributed by atoms with E-state index in [4.69, 9.17) is 16.0 Å². The monoisotopic (exact) mass is 384 g/mol. The maximum absolute atomic E-state index is 5.87. The van der Waals surface area contributed by atoms with Crippen molar-refractivity contribution >= 4 is 50.1 Å². The highest BCUT2D eigenvalue weighted by Crippen LogP contribution is 2.27. The molecule has 0 bridgehead atoms. The molecule has 2 aromatic heterocycles. The molecule has 0 spiro atoms. The topological polar surface area (TPSA) is 38.9 Å². The van der Waals surface area contributed by atoms with Crippen LogP contribution in [0, 0.1) is 3.57 Å². The minimum absolute atomic E-state index is 0.430. The fourth-order valence-corrected chi connectivity index (χ4v) is 1.68. The summed E-state index contributed by atoms with van der Waals surface area (Å²) in [6.45, 7) is 0. The Morgan fingerprint density at radius 1 is 1.50 bits per heavy atom. The van der Waals surface area contributed by atoms with Crippen LogP contribution in [0.3, 0.4) is 0 Å². The van der Waals surface area contributed by atoms with Gasteiger partial charge in [0.25, 0.3) is 0 Å². The highest BCUT2D eigenvalue weighted by molar-refractivity contribution is 14.1. The van der Waals surface area contributed by atoms with E-state index in [-0.39, 0.29) is 0 Å². The predicted molar refractivity (Wildman–Crippen MR) is 65.2 cm³/mol. The van der Waals surface area contributed by atoms with Crippen molar-refractivity contribution in [3.8, 4) is 11.6 Å². The molecule has 0 saturated carbocycles. The Kier molecular flexibility index (Phi) is 3.08. The second-order valence-electron chi connectivity index (χ2n) is 2.43. The quantitative estimate of drug-likeness (QED) is 0.554. The van der Waals surface area contributed by atoms with Crippen LogP contribution in [-0.4, -0.2) is 9.97 Å². The van der Waals surface area contributed by atoms with Gasteiger partial charge in [0.05, 0.1) is 14.3 Å². The van der Waals surface area contributed by atoms with Gasteiger partial charge in [0, 0.05) is 6.20 Å². The van der Waals surface area contributed by atoms with E-state index in [0.29, 0.717) is 16.7 Å². The maximum Gasteiger partial charge on any atom is 0.198 e. The van der Waals surface area contributed by atoms with Crippen LogP contribution in [0.15, 0.2) is 27.4 Å². The van der Waals surface area contributed by atoms with E-state index in [1.165, 1.54) is 0 Å². The third-order valence-corrected chi connectivity index (χ3v) is 3.54. The molecule has 0 atom stereocenters.